The highest BCUT2D eigenvalue weighted by atomic mass is 32.2. The summed E-state index contributed by atoms with van der Waals surface area (Å²) in [4.78, 5) is 8.97. The number of hydrogen-bond acceptors (Lipinski definition) is 5. The highest BCUT2D eigenvalue weighted by Crippen LogP contribution is 2.30. The van der Waals surface area contributed by atoms with Crippen molar-refractivity contribution in [3.8, 4) is 0 Å². The third kappa shape index (κ3) is 3.54. The van der Waals surface area contributed by atoms with Crippen molar-refractivity contribution in [2.45, 2.75) is 36.7 Å². The van der Waals surface area contributed by atoms with Crippen LogP contribution in [0.3, 0.4) is 0 Å². The highest BCUT2D eigenvalue weighted by molar-refractivity contribution is 8.01. The van der Waals surface area contributed by atoms with Gasteiger partial charge in [0.25, 0.3) is 0 Å². The maximum atomic E-state index is 4.53. The first-order valence-electron chi connectivity index (χ1n) is 5.95. The predicted octanol–water partition coefficient (Wildman–Crippen LogP) is 3.42. The highest BCUT2D eigenvalue weighted by Gasteiger charge is 2.07. The van der Waals surface area contributed by atoms with Gasteiger partial charge in [-0.1, -0.05) is 13.0 Å². The zero-order valence-corrected chi connectivity index (χ0v) is 12.5. The molecule has 18 heavy (non-hydrogen) atoms. The predicted molar refractivity (Wildman–Crippen MR) is 77.3 cm³/mol. The molecule has 0 unspecified atom stereocenters. The van der Waals surface area contributed by atoms with Crippen molar-refractivity contribution in [2.24, 2.45) is 0 Å². The van der Waals surface area contributed by atoms with Gasteiger partial charge in [-0.25, -0.2) is 9.97 Å². The lowest BCUT2D eigenvalue weighted by Gasteiger charge is -2.06. The second-order valence-corrected chi connectivity index (χ2v) is 6.20. The van der Waals surface area contributed by atoms with E-state index < -0.39 is 0 Å². The van der Waals surface area contributed by atoms with E-state index in [0.717, 1.165) is 28.1 Å². The SMILES string of the molecule is CCNCc1cnc(Sc2nc(C)cs2)c(C)c1. The Balaban J connectivity index is 2.09. The number of nitrogens with one attached hydrogen (secondary N) is 1. The number of aromatic nitrogens is 2. The standard InChI is InChI=1S/C13H17N3S2/c1-4-14-6-11-5-9(2)12(15-7-11)18-13-16-10(3)8-17-13/h5,7-8,14H,4,6H2,1-3H3. The topological polar surface area (TPSA) is 37.8 Å². The average molecular weight is 279 g/mol. The number of hydrogen-bond donors (Lipinski definition) is 1. The van der Waals surface area contributed by atoms with Gasteiger partial charge >= 0.3 is 0 Å². The molecule has 0 fully saturated rings. The lowest BCUT2D eigenvalue weighted by molar-refractivity contribution is 0.721. The van der Waals surface area contributed by atoms with Crippen LogP contribution in [0.25, 0.3) is 0 Å². The second kappa shape index (κ2) is 6.31. The van der Waals surface area contributed by atoms with Crippen LogP contribution in [0.15, 0.2) is 27.0 Å². The van der Waals surface area contributed by atoms with Crippen LogP contribution in [0.1, 0.15) is 23.7 Å². The van der Waals surface area contributed by atoms with Gasteiger partial charge < -0.3 is 5.32 Å². The summed E-state index contributed by atoms with van der Waals surface area (Å²) in [5.74, 6) is 0. The second-order valence-electron chi connectivity index (χ2n) is 4.10. The van der Waals surface area contributed by atoms with Crippen LogP contribution in [0.2, 0.25) is 0 Å². The molecular weight excluding hydrogens is 262 g/mol. The molecule has 0 radical (unpaired) electrons. The van der Waals surface area contributed by atoms with Gasteiger partial charge in [-0.3, -0.25) is 0 Å². The number of aryl methyl sites for hydroxylation is 2. The van der Waals surface area contributed by atoms with Crippen molar-refractivity contribution < 1.29 is 0 Å². The van der Waals surface area contributed by atoms with E-state index in [2.05, 4.69) is 40.6 Å². The van der Waals surface area contributed by atoms with Crippen LogP contribution in [0.5, 0.6) is 0 Å². The van der Waals surface area contributed by atoms with E-state index in [1.54, 1.807) is 23.1 Å². The van der Waals surface area contributed by atoms with Crippen LogP contribution in [-0.2, 0) is 6.54 Å². The van der Waals surface area contributed by atoms with E-state index in [-0.39, 0.29) is 0 Å². The molecule has 0 bridgehead atoms. The fraction of sp³-hybridized carbons (Fsp3) is 0.385. The van der Waals surface area contributed by atoms with Gasteiger partial charge in [-0.15, -0.1) is 11.3 Å². The molecular formula is C13H17N3S2. The van der Waals surface area contributed by atoms with Gasteiger partial charge in [-0.05, 0) is 43.3 Å². The van der Waals surface area contributed by atoms with Crippen molar-refractivity contribution >= 4 is 23.1 Å². The summed E-state index contributed by atoms with van der Waals surface area (Å²) in [5, 5.41) is 6.42. The number of rotatable bonds is 5. The first-order valence-corrected chi connectivity index (χ1v) is 7.65. The molecule has 1 N–H and O–H groups in total. The summed E-state index contributed by atoms with van der Waals surface area (Å²) in [7, 11) is 0. The molecule has 0 aromatic carbocycles. The molecule has 0 aliphatic rings. The first kappa shape index (κ1) is 13.5. The van der Waals surface area contributed by atoms with Gasteiger partial charge in [0.05, 0.1) is 0 Å². The smallest absolute Gasteiger partial charge is 0.156 e. The zero-order chi connectivity index (χ0) is 13.0. The molecule has 0 atom stereocenters. The van der Waals surface area contributed by atoms with E-state index in [4.69, 9.17) is 0 Å². The Hall–Kier alpha value is -0.910. The largest absolute Gasteiger partial charge is 0.313 e. The third-order valence-electron chi connectivity index (χ3n) is 2.45. The van der Waals surface area contributed by atoms with E-state index >= 15 is 0 Å². The molecule has 0 aliphatic heterocycles. The Bertz CT molecular complexity index is 523. The molecule has 0 saturated heterocycles. The molecule has 5 heteroatoms. The molecule has 2 aromatic rings. The van der Waals surface area contributed by atoms with Crippen molar-refractivity contribution in [3.63, 3.8) is 0 Å². The Labute approximate surface area is 116 Å². The molecule has 0 saturated carbocycles. The van der Waals surface area contributed by atoms with Crippen molar-refractivity contribution in [1.29, 1.82) is 0 Å². The lowest BCUT2D eigenvalue weighted by atomic mass is 10.2. The normalized spacial score (nSPS) is 10.8. The van der Waals surface area contributed by atoms with Crippen molar-refractivity contribution in [1.82, 2.24) is 15.3 Å². The minimum atomic E-state index is 0.881. The molecule has 96 valence electrons. The third-order valence-corrected chi connectivity index (χ3v) is 4.63. The van der Waals surface area contributed by atoms with E-state index in [1.165, 1.54) is 11.1 Å². The summed E-state index contributed by atoms with van der Waals surface area (Å²) in [6.45, 7) is 8.08. The molecule has 3 nitrogen and oxygen atoms in total. The molecule has 2 rings (SSSR count). The van der Waals surface area contributed by atoms with E-state index in [0.29, 0.717) is 0 Å². The minimum Gasteiger partial charge on any atom is -0.313 e. The Kier molecular flexibility index (Phi) is 4.74. The maximum Gasteiger partial charge on any atom is 0.156 e. The number of nitrogens with zero attached hydrogens (tertiary/aromatic N) is 2. The van der Waals surface area contributed by atoms with Gasteiger partial charge in [0, 0.05) is 23.8 Å². The van der Waals surface area contributed by atoms with E-state index in [9.17, 15) is 0 Å². The zero-order valence-electron chi connectivity index (χ0n) is 10.9. The van der Waals surface area contributed by atoms with Gasteiger partial charge in [0.15, 0.2) is 4.34 Å². The molecule has 0 amide bonds. The lowest BCUT2D eigenvalue weighted by Crippen LogP contribution is -2.12. The average Bonchev–Trinajstić information content (AvgIpc) is 2.75. The molecule has 0 aliphatic carbocycles. The summed E-state index contributed by atoms with van der Waals surface area (Å²) in [6.07, 6.45) is 1.94. The fourth-order valence-electron chi connectivity index (χ4n) is 1.56. The summed E-state index contributed by atoms with van der Waals surface area (Å²) < 4.78 is 1.06. The summed E-state index contributed by atoms with van der Waals surface area (Å²) in [6, 6.07) is 2.19. The van der Waals surface area contributed by atoms with Crippen LogP contribution >= 0.6 is 23.1 Å². The number of pyridine rings is 1. The van der Waals surface area contributed by atoms with Gasteiger partial charge in [0.1, 0.15) is 5.03 Å². The van der Waals surface area contributed by atoms with Crippen molar-refractivity contribution in [3.05, 3.63) is 34.5 Å². The number of thiazole rings is 1. The molecule has 2 heterocycles. The fourth-order valence-corrected chi connectivity index (χ4v) is 3.33. The van der Waals surface area contributed by atoms with Gasteiger partial charge in [0.2, 0.25) is 0 Å². The molecule has 0 spiro atoms. The van der Waals surface area contributed by atoms with Crippen LogP contribution < -0.4 is 5.32 Å². The summed E-state index contributed by atoms with van der Waals surface area (Å²) in [5.41, 5.74) is 3.51. The Morgan fingerprint density at radius 3 is 2.83 bits per heavy atom. The Morgan fingerprint density at radius 2 is 2.22 bits per heavy atom. The maximum absolute atomic E-state index is 4.53. The Morgan fingerprint density at radius 1 is 1.39 bits per heavy atom. The molecule has 2 aromatic heterocycles. The van der Waals surface area contributed by atoms with E-state index in [1.807, 2.05) is 13.1 Å². The quantitative estimate of drug-likeness (QED) is 0.910. The van der Waals surface area contributed by atoms with Crippen LogP contribution in [-0.4, -0.2) is 16.5 Å². The summed E-state index contributed by atoms with van der Waals surface area (Å²) >= 11 is 3.31. The monoisotopic (exact) mass is 279 g/mol. The minimum absolute atomic E-state index is 0.881. The van der Waals surface area contributed by atoms with Crippen molar-refractivity contribution in [2.75, 3.05) is 6.54 Å². The van der Waals surface area contributed by atoms with Gasteiger partial charge in [-0.2, -0.15) is 0 Å². The first-order chi connectivity index (χ1) is 8.69. The van der Waals surface area contributed by atoms with Crippen LogP contribution in [0.4, 0.5) is 0 Å². The van der Waals surface area contributed by atoms with Crippen LogP contribution in [0, 0.1) is 13.8 Å².